The second-order valence-electron chi connectivity index (χ2n) is 30.7. The molecule has 0 amide bonds. The summed E-state index contributed by atoms with van der Waals surface area (Å²) in [7, 11) is 0. The molecule has 0 aliphatic heterocycles. The molecule has 14 rings (SSSR count). The second-order valence-corrected chi connectivity index (χ2v) is 30.7. The highest BCUT2D eigenvalue weighted by molar-refractivity contribution is 5.91. The largest absolute Gasteiger partial charge is 0.489 e. The molecule has 0 aliphatic rings. The molecule has 1 N–H and O–H groups in total. The number of aliphatic carboxylic acids is 1. The number of aryl methyl sites for hydroxylation is 1. The molecule has 0 saturated carbocycles. The van der Waals surface area contributed by atoms with E-state index >= 15 is 0 Å². The standard InChI is InChI=1S/C110H100O7/c1-4-79-33-5-6-34-80(79)63-81-35-7-8-36-82(81)64-83-37-9-10-38-84(83)65-85-39-11-12-40-86(85)66-87-41-13-14-42-88(87)67-89-43-15-16-44-90(89)68-91-45-17-18-46-92(91)69-93-47-19-20-48-94(93)70-95-49-21-22-50-96(95)71-97-51-23-24-52-98(97)72-99-53-25-26-54-100(99)73-101-55-27-28-56-102(101)74-103-57-29-30-58-104(103)75-105-59-31-32-60-107(105)115-76-106(77-116-110(114)78(2)3)117-109(113)62-61-108(111)112/h5-62,106H,2,4,63-77H2,1,3H3,(H,111,112). The molecule has 582 valence electrons. The van der Waals surface area contributed by atoms with Gasteiger partial charge in [0.25, 0.3) is 0 Å². The maximum Gasteiger partial charge on any atom is 0.333 e. The molecular weight excluding hydrogens is 1430 g/mol. The van der Waals surface area contributed by atoms with Gasteiger partial charge in [0.1, 0.15) is 19.0 Å². The van der Waals surface area contributed by atoms with Crippen LogP contribution in [0.2, 0.25) is 0 Å². The van der Waals surface area contributed by atoms with Crippen molar-refractivity contribution in [2.24, 2.45) is 0 Å². The summed E-state index contributed by atoms with van der Waals surface area (Å²) in [6.45, 7) is 6.94. The number of ether oxygens (including phenoxy) is 3. The number of carbonyl (C=O) groups excluding carboxylic acids is 2. The predicted molar refractivity (Wildman–Crippen MR) is 474 cm³/mol. The fourth-order valence-corrected chi connectivity index (χ4v) is 16.3. The Hall–Kier alpha value is -13.2. The number of carbonyl (C=O) groups is 3. The summed E-state index contributed by atoms with van der Waals surface area (Å²) in [5.41, 5.74) is 35.8. The van der Waals surface area contributed by atoms with Gasteiger partial charge in [-0.1, -0.05) is 347 Å². The zero-order chi connectivity index (χ0) is 80.5. The lowest BCUT2D eigenvalue weighted by Gasteiger charge is -2.20. The van der Waals surface area contributed by atoms with Crippen molar-refractivity contribution in [3.63, 3.8) is 0 Å². The van der Waals surface area contributed by atoms with E-state index in [1.165, 1.54) is 146 Å². The third kappa shape index (κ3) is 22.0. The van der Waals surface area contributed by atoms with Crippen molar-refractivity contribution >= 4 is 17.9 Å². The van der Waals surface area contributed by atoms with Crippen LogP contribution >= 0.6 is 0 Å². The second kappa shape index (κ2) is 40.2. The van der Waals surface area contributed by atoms with Crippen LogP contribution in [-0.4, -0.2) is 42.3 Å². The Kier molecular flexibility index (Phi) is 27.6. The summed E-state index contributed by atoms with van der Waals surface area (Å²) in [4.78, 5) is 36.1. The highest BCUT2D eigenvalue weighted by atomic mass is 16.6. The lowest BCUT2D eigenvalue weighted by atomic mass is 9.87. The van der Waals surface area contributed by atoms with Crippen LogP contribution in [0.15, 0.2) is 364 Å². The van der Waals surface area contributed by atoms with Crippen LogP contribution in [0.4, 0.5) is 0 Å². The van der Waals surface area contributed by atoms with Crippen molar-refractivity contribution in [1.29, 1.82) is 0 Å². The van der Waals surface area contributed by atoms with Gasteiger partial charge >= 0.3 is 17.9 Å². The summed E-state index contributed by atoms with van der Waals surface area (Å²) < 4.78 is 17.1. The van der Waals surface area contributed by atoms with Crippen LogP contribution in [0.25, 0.3) is 0 Å². The Bertz CT molecular complexity index is 5820. The summed E-state index contributed by atoms with van der Waals surface area (Å²) in [6.07, 6.45) is 12.1. The minimum Gasteiger partial charge on any atom is -0.489 e. The van der Waals surface area contributed by atoms with Gasteiger partial charge in [0.2, 0.25) is 0 Å². The van der Waals surface area contributed by atoms with Crippen LogP contribution in [-0.2, 0) is 114 Å². The zero-order valence-electron chi connectivity index (χ0n) is 67.0. The van der Waals surface area contributed by atoms with E-state index in [1.54, 1.807) is 0 Å². The molecule has 0 saturated heterocycles. The number of carboxylic acids is 1. The molecular formula is C110H100O7. The molecule has 0 heterocycles. The molecule has 14 aromatic carbocycles. The number of rotatable bonds is 36. The molecule has 7 nitrogen and oxygen atoms in total. The number of esters is 2. The monoisotopic (exact) mass is 1530 g/mol. The molecule has 0 fully saturated rings. The third-order valence-electron chi connectivity index (χ3n) is 22.7. The van der Waals surface area contributed by atoms with E-state index in [0.29, 0.717) is 24.7 Å². The van der Waals surface area contributed by atoms with Gasteiger partial charge in [-0.15, -0.1) is 0 Å². The Balaban J connectivity index is 0.630. The molecule has 0 aromatic heterocycles. The first-order valence-electron chi connectivity index (χ1n) is 40.9. The van der Waals surface area contributed by atoms with E-state index in [4.69, 9.17) is 19.3 Å². The Morgan fingerprint density at radius 1 is 0.274 bits per heavy atom. The molecule has 14 aromatic rings. The van der Waals surface area contributed by atoms with Gasteiger partial charge < -0.3 is 19.3 Å². The van der Waals surface area contributed by atoms with Gasteiger partial charge in [-0.05, 0) is 247 Å². The maximum absolute atomic E-state index is 12.6. The van der Waals surface area contributed by atoms with Crippen molar-refractivity contribution in [3.05, 3.63) is 514 Å². The highest BCUT2D eigenvalue weighted by Gasteiger charge is 2.22. The molecule has 0 radical (unpaired) electrons. The lowest BCUT2D eigenvalue weighted by molar-refractivity contribution is -0.155. The smallest absolute Gasteiger partial charge is 0.333 e. The van der Waals surface area contributed by atoms with E-state index in [2.05, 4.69) is 329 Å². The lowest BCUT2D eigenvalue weighted by Crippen LogP contribution is -2.30. The van der Waals surface area contributed by atoms with Crippen LogP contribution in [0.3, 0.4) is 0 Å². The molecule has 1 atom stereocenters. The Morgan fingerprint density at radius 2 is 0.453 bits per heavy atom. The zero-order valence-corrected chi connectivity index (χ0v) is 67.0. The highest BCUT2D eigenvalue weighted by Crippen LogP contribution is 2.33. The fraction of sp³-hybridized carbons (Fsp3) is 0.173. The van der Waals surface area contributed by atoms with Gasteiger partial charge in [-0.2, -0.15) is 0 Å². The van der Waals surface area contributed by atoms with Gasteiger partial charge in [0.05, 0.1) is 0 Å². The van der Waals surface area contributed by atoms with Crippen LogP contribution in [0, 0.1) is 0 Å². The van der Waals surface area contributed by atoms with E-state index < -0.39 is 24.0 Å². The first-order valence-corrected chi connectivity index (χ1v) is 40.9. The Labute approximate surface area is 690 Å². The summed E-state index contributed by atoms with van der Waals surface area (Å²) >= 11 is 0. The van der Waals surface area contributed by atoms with E-state index in [-0.39, 0.29) is 18.8 Å². The third-order valence-corrected chi connectivity index (χ3v) is 22.7. The van der Waals surface area contributed by atoms with Crippen molar-refractivity contribution in [2.75, 3.05) is 13.2 Å². The predicted octanol–water partition coefficient (Wildman–Crippen LogP) is 23.0. The van der Waals surface area contributed by atoms with Gasteiger partial charge in [-0.25, -0.2) is 14.4 Å². The number of para-hydroxylation sites is 1. The normalized spacial score (nSPS) is 11.5. The number of carboxylic acid groups (broad SMARTS) is 1. The average molecular weight is 1530 g/mol. The van der Waals surface area contributed by atoms with E-state index in [0.717, 1.165) is 94.3 Å². The number of benzene rings is 14. The number of hydrogen-bond donors (Lipinski definition) is 1. The summed E-state index contributed by atoms with van der Waals surface area (Å²) in [5, 5.41) is 9.08. The molecule has 0 bridgehead atoms. The Morgan fingerprint density at radius 3 is 0.650 bits per heavy atom. The van der Waals surface area contributed by atoms with Gasteiger partial charge in [0, 0.05) is 24.1 Å². The van der Waals surface area contributed by atoms with Crippen LogP contribution in [0.1, 0.15) is 164 Å². The number of hydrogen-bond acceptors (Lipinski definition) is 6. The molecule has 117 heavy (non-hydrogen) atoms. The molecule has 0 spiro atoms. The molecule has 1 unspecified atom stereocenters. The topological polar surface area (TPSA) is 99.1 Å². The van der Waals surface area contributed by atoms with Crippen molar-refractivity contribution in [2.45, 2.75) is 110 Å². The molecule has 7 heteroatoms. The summed E-state index contributed by atoms with van der Waals surface area (Å²) in [6, 6.07) is 124. The van der Waals surface area contributed by atoms with E-state index in [9.17, 15) is 14.4 Å². The average Bonchev–Trinajstić information content (AvgIpc) is 0.826. The fourth-order valence-electron chi connectivity index (χ4n) is 16.3. The first-order chi connectivity index (χ1) is 57.4. The van der Waals surface area contributed by atoms with Gasteiger partial charge in [-0.3, -0.25) is 0 Å². The van der Waals surface area contributed by atoms with Crippen LogP contribution in [0.5, 0.6) is 5.75 Å². The minimum absolute atomic E-state index is 0.155. The molecule has 0 aliphatic carbocycles. The van der Waals surface area contributed by atoms with Crippen LogP contribution < -0.4 is 4.74 Å². The van der Waals surface area contributed by atoms with Crippen molar-refractivity contribution < 1.29 is 33.7 Å². The summed E-state index contributed by atoms with van der Waals surface area (Å²) in [5.74, 6) is -2.28. The van der Waals surface area contributed by atoms with E-state index in [1.807, 2.05) is 24.3 Å². The van der Waals surface area contributed by atoms with Crippen molar-refractivity contribution in [3.8, 4) is 5.75 Å². The SMILES string of the molecule is C=C(C)C(=O)OCC(COc1ccccc1Cc1ccccc1Cc1ccccc1Cc1ccccc1Cc1ccccc1Cc1ccccc1Cc1ccccc1Cc1ccccc1Cc1ccccc1Cc1ccccc1Cc1ccccc1Cc1ccccc1Cc1ccccc1Cc1ccccc1CC)OC(=O)C=CC(=O)O. The van der Waals surface area contributed by atoms with Gasteiger partial charge in [0.15, 0.2) is 6.10 Å². The van der Waals surface area contributed by atoms with Crippen molar-refractivity contribution in [1.82, 2.24) is 0 Å². The quantitative estimate of drug-likeness (QED) is 0.0308. The minimum atomic E-state index is -1.30. The maximum atomic E-state index is 12.6. The first kappa shape index (κ1) is 80.4.